The van der Waals surface area contributed by atoms with Gasteiger partial charge in [0.05, 0.1) is 11.4 Å². The van der Waals surface area contributed by atoms with Gasteiger partial charge in [0.25, 0.3) is 0 Å². The second-order valence-corrected chi connectivity index (χ2v) is 7.53. The molecule has 4 nitrogen and oxygen atoms in total. The lowest BCUT2D eigenvalue weighted by atomic mass is 10.1. The van der Waals surface area contributed by atoms with Crippen molar-refractivity contribution in [3.05, 3.63) is 66.8 Å². The van der Waals surface area contributed by atoms with Gasteiger partial charge in [0.15, 0.2) is 0 Å². The van der Waals surface area contributed by atoms with E-state index >= 15 is 0 Å². The molecule has 0 amide bonds. The molecular formula is C18H18Br3FN2O2. The molecular weight excluding hydrogens is 535 g/mol. The molecule has 2 rings (SSSR count). The third-order valence-electron chi connectivity index (χ3n) is 3.11. The van der Waals surface area contributed by atoms with Crippen LogP contribution >= 0.6 is 47.8 Å². The summed E-state index contributed by atoms with van der Waals surface area (Å²) >= 11 is 10.1. The Bertz CT molecular complexity index is 811. The van der Waals surface area contributed by atoms with Crippen LogP contribution in [0.5, 0.6) is 0 Å². The molecule has 0 spiro atoms. The lowest BCUT2D eigenvalue weighted by molar-refractivity contribution is 0.213. The molecule has 8 heteroatoms. The van der Waals surface area contributed by atoms with Crippen LogP contribution in [0, 0.1) is 5.82 Å². The molecule has 2 aromatic carbocycles. The third kappa shape index (κ3) is 7.17. The molecule has 0 aliphatic heterocycles. The van der Waals surface area contributed by atoms with Crippen molar-refractivity contribution < 1.29 is 14.1 Å². The summed E-state index contributed by atoms with van der Waals surface area (Å²) < 4.78 is 15.4. The van der Waals surface area contributed by atoms with Crippen molar-refractivity contribution in [3.8, 4) is 0 Å². The molecule has 0 aliphatic rings. The molecule has 0 saturated carbocycles. The van der Waals surface area contributed by atoms with Crippen LogP contribution in [0.1, 0.15) is 25.0 Å². The van der Waals surface area contributed by atoms with Gasteiger partial charge in [-0.25, -0.2) is 4.39 Å². The monoisotopic (exact) mass is 550 g/mol. The number of hydrogen-bond donors (Lipinski definition) is 0. The van der Waals surface area contributed by atoms with Crippen molar-refractivity contribution in [2.45, 2.75) is 13.8 Å². The van der Waals surface area contributed by atoms with Gasteiger partial charge in [0, 0.05) is 24.5 Å². The van der Waals surface area contributed by atoms with Gasteiger partial charge in [-0.3, -0.25) is 0 Å². The Hall–Kier alpha value is -1.25. The van der Waals surface area contributed by atoms with Crippen molar-refractivity contribution >= 4 is 59.2 Å². The van der Waals surface area contributed by atoms with Gasteiger partial charge in [-0.05, 0) is 76.0 Å². The van der Waals surface area contributed by atoms with E-state index in [0.717, 1.165) is 25.8 Å². The Morgan fingerprint density at radius 3 is 1.96 bits per heavy atom. The maximum atomic E-state index is 12.7. The van der Waals surface area contributed by atoms with Gasteiger partial charge in [0.2, 0.25) is 0 Å². The van der Waals surface area contributed by atoms with Crippen molar-refractivity contribution in [1.29, 1.82) is 0 Å². The van der Waals surface area contributed by atoms with Crippen LogP contribution in [0.15, 0.2) is 60.1 Å². The maximum absolute atomic E-state index is 12.7. The van der Waals surface area contributed by atoms with E-state index in [-0.39, 0.29) is 5.82 Å². The van der Waals surface area contributed by atoms with E-state index in [9.17, 15) is 4.39 Å². The van der Waals surface area contributed by atoms with E-state index in [1.54, 1.807) is 13.0 Å². The molecule has 0 aromatic heterocycles. The minimum Gasteiger partial charge on any atom is -0.399 e. The van der Waals surface area contributed by atoms with Gasteiger partial charge in [-0.15, -0.1) is 0 Å². The molecule has 0 N–H and O–H groups in total. The lowest BCUT2D eigenvalue weighted by Crippen LogP contribution is -1.97. The first-order chi connectivity index (χ1) is 12.3. The number of rotatable bonds is 4. The van der Waals surface area contributed by atoms with Gasteiger partial charge >= 0.3 is 0 Å². The largest absolute Gasteiger partial charge is 0.399 e. The summed E-state index contributed by atoms with van der Waals surface area (Å²) in [5.41, 5.74) is 3.42. The van der Waals surface area contributed by atoms with Gasteiger partial charge in [-0.2, -0.15) is 0 Å². The maximum Gasteiger partial charge on any atom is 0.124 e. The molecule has 0 heterocycles. The predicted octanol–water partition coefficient (Wildman–Crippen LogP) is 6.54. The first-order valence-electron chi connectivity index (χ1n) is 7.36. The van der Waals surface area contributed by atoms with Crippen LogP contribution in [0.4, 0.5) is 4.39 Å². The first-order valence-corrected chi connectivity index (χ1v) is 9.74. The number of oxime groups is 2. The minimum atomic E-state index is -0.277. The van der Waals surface area contributed by atoms with Crippen LogP contribution in [-0.2, 0) is 9.68 Å². The molecule has 26 heavy (non-hydrogen) atoms. The summed E-state index contributed by atoms with van der Waals surface area (Å²) in [5, 5.41) is 7.60. The first kappa shape index (κ1) is 22.8. The molecule has 0 atom stereocenters. The van der Waals surface area contributed by atoms with Crippen LogP contribution in [-0.4, -0.2) is 25.6 Å². The molecule has 0 radical (unpaired) electrons. The summed E-state index contributed by atoms with van der Waals surface area (Å²) in [6.07, 6.45) is 0. The average molecular weight is 553 g/mol. The highest BCUT2D eigenvalue weighted by molar-refractivity contribution is 9.13. The van der Waals surface area contributed by atoms with Gasteiger partial charge < -0.3 is 9.68 Å². The number of nitrogens with zero attached hydrogens (tertiary/aromatic N) is 2. The fourth-order valence-corrected chi connectivity index (χ4v) is 3.14. The van der Waals surface area contributed by atoms with Crippen molar-refractivity contribution in [2.24, 2.45) is 10.3 Å². The molecule has 0 unspecified atom stereocenters. The quantitative estimate of drug-likeness (QED) is 0.319. The second kappa shape index (κ2) is 11.5. The Morgan fingerprint density at radius 1 is 0.808 bits per heavy atom. The van der Waals surface area contributed by atoms with E-state index in [1.165, 1.54) is 26.4 Å². The van der Waals surface area contributed by atoms with Crippen molar-refractivity contribution in [3.63, 3.8) is 0 Å². The van der Waals surface area contributed by atoms with Crippen LogP contribution in [0.3, 0.4) is 0 Å². The zero-order valence-electron chi connectivity index (χ0n) is 14.7. The molecule has 0 saturated heterocycles. The third-order valence-corrected chi connectivity index (χ3v) is 5.65. The second-order valence-electron chi connectivity index (χ2n) is 4.97. The number of halogens is 4. The fourth-order valence-electron chi connectivity index (χ4n) is 1.88. The minimum absolute atomic E-state index is 0.277. The zero-order valence-corrected chi connectivity index (χ0v) is 19.4. The van der Waals surface area contributed by atoms with E-state index in [1.807, 2.05) is 25.1 Å². The Morgan fingerprint density at radius 2 is 1.42 bits per heavy atom. The molecule has 2 aromatic rings. The summed E-state index contributed by atoms with van der Waals surface area (Å²) in [6.45, 7) is 3.70. The highest BCUT2D eigenvalue weighted by Gasteiger charge is 2.04. The van der Waals surface area contributed by atoms with E-state index in [2.05, 4.69) is 67.8 Å². The Balaban J connectivity index is 0.000000260. The molecule has 0 fully saturated rings. The zero-order chi connectivity index (χ0) is 19.7. The lowest BCUT2D eigenvalue weighted by Gasteiger charge is -2.02. The Labute approximate surface area is 177 Å². The smallest absolute Gasteiger partial charge is 0.124 e. The average Bonchev–Trinajstić information content (AvgIpc) is 2.58. The summed E-state index contributed by atoms with van der Waals surface area (Å²) in [4.78, 5) is 9.31. The van der Waals surface area contributed by atoms with Gasteiger partial charge in [-0.1, -0.05) is 32.3 Å². The van der Waals surface area contributed by atoms with Crippen LogP contribution in [0.2, 0.25) is 0 Å². The fraction of sp³-hybridized carbons (Fsp3) is 0.222. The SMILES string of the molecule is CON=C(C)c1ccc(Br)c(Br)c1.CON=C(C)c1ccc(F)cc1Br. The molecule has 0 bridgehead atoms. The van der Waals surface area contributed by atoms with Crippen LogP contribution in [0.25, 0.3) is 0 Å². The summed E-state index contributed by atoms with van der Waals surface area (Å²) in [6, 6.07) is 10.4. The predicted molar refractivity (Wildman–Crippen MR) is 114 cm³/mol. The molecule has 0 aliphatic carbocycles. The standard InChI is InChI=1S/C9H9Br2NO.C9H9BrFNO/c1-6(12-13-2)7-3-4-8(10)9(11)5-7;1-6(12-13-2)8-4-3-7(11)5-9(8)10/h2*3-5H,1-2H3. The summed E-state index contributed by atoms with van der Waals surface area (Å²) in [5.74, 6) is -0.277. The topological polar surface area (TPSA) is 43.2 Å². The van der Waals surface area contributed by atoms with Crippen molar-refractivity contribution in [1.82, 2.24) is 0 Å². The molecule has 140 valence electrons. The van der Waals surface area contributed by atoms with Gasteiger partial charge in [0.1, 0.15) is 20.0 Å². The number of hydrogen-bond acceptors (Lipinski definition) is 4. The van der Waals surface area contributed by atoms with E-state index in [4.69, 9.17) is 0 Å². The number of benzene rings is 2. The Kier molecular flexibility index (Phi) is 10.0. The van der Waals surface area contributed by atoms with Crippen LogP contribution < -0.4 is 0 Å². The normalized spacial score (nSPS) is 11.5. The highest BCUT2D eigenvalue weighted by atomic mass is 79.9. The summed E-state index contributed by atoms with van der Waals surface area (Å²) in [7, 11) is 3.01. The van der Waals surface area contributed by atoms with E-state index < -0.39 is 0 Å². The highest BCUT2D eigenvalue weighted by Crippen LogP contribution is 2.24. The van der Waals surface area contributed by atoms with Crippen molar-refractivity contribution in [2.75, 3.05) is 14.2 Å². The van der Waals surface area contributed by atoms with E-state index in [0.29, 0.717) is 10.2 Å².